The van der Waals surface area contributed by atoms with Crippen molar-refractivity contribution in [1.82, 2.24) is 0 Å². The minimum absolute atomic E-state index is 0.0743. The van der Waals surface area contributed by atoms with Crippen molar-refractivity contribution < 1.29 is 14.3 Å². The van der Waals surface area contributed by atoms with Gasteiger partial charge in [-0.05, 0) is 36.4 Å². The first-order valence-corrected chi connectivity index (χ1v) is 7.53. The number of Topliss-reactive ketones (excluding diaryl/α,β-unsaturated/α-hetero) is 1. The Labute approximate surface area is 144 Å². The number of aliphatic imine (C=N–C) groups is 1. The average Bonchev–Trinajstić information content (AvgIpc) is 2.57. The number of ketones is 1. The summed E-state index contributed by atoms with van der Waals surface area (Å²) in [6, 6.07) is 10.1. The highest BCUT2D eigenvalue weighted by molar-refractivity contribution is 6.42. The van der Waals surface area contributed by atoms with Crippen LogP contribution in [0.1, 0.15) is 16.8 Å². The number of hydrogen-bond donors (Lipinski definition) is 0. The molecule has 2 aromatic carbocycles. The van der Waals surface area contributed by atoms with Crippen LogP contribution in [-0.2, 0) is 0 Å². The zero-order valence-corrected chi connectivity index (χ0v) is 14.2. The summed E-state index contributed by atoms with van der Waals surface area (Å²) in [4.78, 5) is 16.4. The second-order valence-electron chi connectivity index (χ2n) is 4.61. The molecule has 2 rings (SSSR count). The van der Waals surface area contributed by atoms with Crippen LogP contribution in [0.5, 0.6) is 11.5 Å². The average molecular weight is 352 g/mol. The first-order valence-electron chi connectivity index (χ1n) is 6.78. The number of carbonyl (C=O) groups is 1. The van der Waals surface area contributed by atoms with E-state index in [0.29, 0.717) is 32.8 Å². The minimum atomic E-state index is -0.0743. The molecule has 0 saturated carbocycles. The maximum Gasteiger partial charge on any atom is 0.168 e. The summed E-state index contributed by atoms with van der Waals surface area (Å²) in [5, 5.41) is 0.888. The van der Waals surface area contributed by atoms with Crippen LogP contribution in [0.2, 0.25) is 10.0 Å². The third-order valence-electron chi connectivity index (χ3n) is 3.13. The Morgan fingerprint density at radius 2 is 1.78 bits per heavy atom. The summed E-state index contributed by atoms with van der Waals surface area (Å²) >= 11 is 11.8. The predicted octanol–water partition coefficient (Wildman–Crippen LogP) is 4.99. The van der Waals surface area contributed by atoms with Crippen molar-refractivity contribution in [3.63, 3.8) is 0 Å². The topological polar surface area (TPSA) is 47.9 Å². The van der Waals surface area contributed by atoms with E-state index in [-0.39, 0.29) is 12.2 Å². The molecular weight excluding hydrogens is 337 g/mol. The molecule has 0 aromatic heterocycles. The lowest BCUT2D eigenvalue weighted by Gasteiger charge is -2.08. The highest BCUT2D eigenvalue weighted by Gasteiger charge is 2.09. The molecule has 6 heteroatoms. The maximum atomic E-state index is 12.2. The summed E-state index contributed by atoms with van der Waals surface area (Å²) in [6.45, 7) is 0. The van der Waals surface area contributed by atoms with E-state index in [9.17, 15) is 4.79 Å². The molecule has 0 aliphatic rings. The van der Waals surface area contributed by atoms with Crippen molar-refractivity contribution in [3.8, 4) is 11.5 Å². The highest BCUT2D eigenvalue weighted by Crippen LogP contribution is 2.28. The van der Waals surface area contributed by atoms with Gasteiger partial charge < -0.3 is 9.47 Å². The lowest BCUT2D eigenvalue weighted by molar-refractivity contribution is 0.100. The van der Waals surface area contributed by atoms with Gasteiger partial charge in [-0.25, -0.2) is 0 Å². The fourth-order valence-electron chi connectivity index (χ4n) is 1.93. The molecule has 0 aliphatic heterocycles. The largest absolute Gasteiger partial charge is 0.493 e. The van der Waals surface area contributed by atoms with Crippen molar-refractivity contribution in [2.75, 3.05) is 14.2 Å². The van der Waals surface area contributed by atoms with Crippen LogP contribution in [0, 0.1) is 0 Å². The minimum Gasteiger partial charge on any atom is -0.493 e. The molecule has 120 valence electrons. The van der Waals surface area contributed by atoms with Gasteiger partial charge in [-0.3, -0.25) is 9.79 Å². The van der Waals surface area contributed by atoms with E-state index in [1.54, 1.807) is 49.7 Å². The molecule has 0 radical (unpaired) electrons. The Bertz CT molecular complexity index is 745. The summed E-state index contributed by atoms with van der Waals surface area (Å²) in [7, 11) is 3.07. The number of carbonyl (C=O) groups excluding carboxylic acids is 1. The Morgan fingerprint density at radius 3 is 2.43 bits per heavy atom. The van der Waals surface area contributed by atoms with E-state index in [1.165, 1.54) is 7.11 Å². The molecular formula is C17H15Cl2NO3. The fraction of sp³-hybridized carbons (Fsp3) is 0.176. The van der Waals surface area contributed by atoms with Crippen molar-refractivity contribution in [2.24, 2.45) is 4.99 Å². The number of benzene rings is 2. The monoisotopic (exact) mass is 351 g/mol. The number of methoxy groups -OCH3 is 2. The van der Waals surface area contributed by atoms with Gasteiger partial charge in [0.15, 0.2) is 17.3 Å². The van der Waals surface area contributed by atoms with Gasteiger partial charge in [-0.1, -0.05) is 23.2 Å². The van der Waals surface area contributed by atoms with Crippen LogP contribution in [0.4, 0.5) is 5.69 Å². The van der Waals surface area contributed by atoms with E-state index in [1.807, 2.05) is 0 Å². The molecule has 0 amide bonds. The van der Waals surface area contributed by atoms with Crippen molar-refractivity contribution in [2.45, 2.75) is 6.42 Å². The summed E-state index contributed by atoms with van der Waals surface area (Å²) < 4.78 is 10.3. The summed E-state index contributed by atoms with van der Waals surface area (Å²) in [5.41, 5.74) is 1.17. The van der Waals surface area contributed by atoms with Crippen LogP contribution in [0.15, 0.2) is 41.4 Å². The first-order chi connectivity index (χ1) is 11.0. The second-order valence-corrected chi connectivity index (χ2v) is 5.42. The third kappa shape index (κ3) is 4.47. The van der Waals surface area contributed by atoms with Crippen molar-refractivity contribution in [1.29, 1.82) is 0 Å². The number of halogens is 2. The standard InChI is InChI=1S/C17H15Cl2NO3/c1-22-16-6-3-11(9-17(16)23-2)15(21)7-8-20-12-4-5-13(18)14(19)10-12/h3-6,8-10H,7H2,1-2H3. The van der Waals surface area contributed by atoms with E-state index >= 15 is 0 Å². The smallest absolute Gasteiger partial charge is 0.168 e. The van der Waals surface area contributed by atoms with Gasteiger partial charge in [0.25, 0.3) is 0 Å². The molecule has 2 aromatic rings. The molecule has 0 unspecified atom stereocenters. The Kier molecular flexibility index (Phi) is 6.02. The molecule has 0 fully saturated rings. The van der Waals surface area contributed by atoms with Gasteiger partial charge in [-0.2, -0.15) is 0 Å². The molecule has 0 saturated heterocycles. The fourth-order valence-corrected chi connectivity index (χ4v) is 2.22. The van der Waals surface area contributed by atoms with E-state index in [2.05, 4.69) is 4.99 Å². The lowest BCUT2D eigenvalue weighted by Crippen LogP contribution is -2.01. The quantitative estimate of drug-likeness (QED) is 0.544. The Hall–Kier alpha value is -2.04. The maximum absolute atomic E-state index is 12.2. The zero-order valence-electron chi connectivity index (χ0n) is 12.7. The van der Waals surface area contributed by atoms with E-state index < -0.39 is 0 Å². The zero-order chi connectivity index (χ0) is 16.8. The SMILES string of the molecule is COc1ccc(C(=O)CC=Nc2ccc(Cl)c(Cl)c2)cc1OC. The number of hydrogen-bond acceptors (Lipinski definition) is 4. The summed E-state index contributed by atoms with van der Waals surface area (Å²) in [5.74, 6) is 1.02. The Morgan fingerprint density at radius 1 is 1.04 bits per heavy atom. The van der Waals surface area contributed by atoms with Crippen molar-refractivity contribution in [3.05, 3.63) is 52.0 Å². The van der Waals surface area contributed by atoms with Crippen LogP contribution in [0.25, 0.3) is 0 Å². The van der Waals surface area contributed by atoms with Crippen molar-refractivity contribution >= 4 is 40.9 Å². The number of nitrogens with zero attached hydrogens (tertiary/aromatic N) is 1. The van der Waals surface area contributed by atoms with Gasteiger partial charge >= 0.3 is 0 Å². The molecule has 0 spiro atoms. The van der Waals surface area contributed by atoms with Crippen LogP contribution in [0.3, 0.4) is 0 Å². The normalized spacial score (nSPS) is 10.8. The molecule has 0 aliphatic carbocycles. The van der Waals surface area contributed by atoms with E-state index in [4.69, 9.17) is 32.7 Å². The van der Waals surface area contributed by atoms with Gasteiger partial charge in [0, 0.05) is 18.2 Å². The summed E-state index contributed by atoms with van der Waals surface area (Å²) in [6.07, 6.45) is 1.70. The number of rotatable bonds is 6. The Balaban J connectivity index is 2.07. The number of ether oxygens (including phenoxy) is 2. The van der Waals surface area contributed by atoms with Crippen LogP contribution < -0.4 is 9.47 Å². The molecule has 0 heterocycles. The third-order valence-corrected chi connectivity index (χ3v) is 3.86. The highest BCUT2D eigenvalue weighted by atomic mass is 35.5. The van der Waals surface area contributed by atoms with E-state index in [0.717, 1.165) is 0 Å². The second kappa shape index (κ2) is 7.99. The van der Waals surface area contributed by atoms with Gasteiger partial charge in [0.2, 0.25) is 0 Å². The van der Waals surface area contributed by atoms with Crippen LogP contribution >= 0.6 is 23.2 Å². The lowest BCUT2D eigenvalue weighted by atomic mass is 10.1. The van der Waals surface area contributed by atoms with Gasteiger partial charge in [0.05, 0.1) is 30.0 Å². The van der Waals surface area contributed by atoms with Gasteiger partial charge in [-0.15, -0.1) is 0 Å². The molecule has 23 heavy (non-hydrogen) atoms. The first kappa shape index (κ1) is 17.3. The predicted molar refractivity (Wildman–Crippen MR) is 93.1 cm³/mol. The molecule has 0 bridgehead atoms. The molecule has 0 atom stereocenters. The van der Waals surface area contributed by atoms with Crippen LogP contribution in [-0.4, -0.2) is 26.2 Å². The van der Waals surface area contributed by atoms with Gasteiger partial charge in [0.1, 0.15) is 0 Å². The molecule has 0 N–H and O–H groups in total. The molecule has 4 nitrogen and oxygen atoms in total.